The maximum atomic E-state index is 13.4. The average molecular weight is 757 g/mol. The second-order valence-corrected chi connectivity index (χ2v) is 13.0. The molecule has 1 saturated heterocycles. The molecule has 17 nitrogen and oxygen atoms in total. The zero-order valence-electron chi connectivity index (χ0n) is 30.6. The normalized spacial score (nSPS) is 21.4. The van der Waals surface area contributed by atoms with Gasteiger partial charge in [-0.2, -0.15) is 0 Å². The minimum Gasteiger partial charge on any atom is -0.480 e. The fourth-order valence-corrected chi connectivity index (χ4v) is 6.25. The Kier molecular flexibility index (Phi) is 14.1. The number of fused-ring (bicyclic) bond motifs is 3. The van der Waals surface area contributed by atoms with E-state index in [9.17, 15) is 38.7 Å². The Bertz CT molecular complexity index is 1680. The van der Waals surface area contributed by atoms with Crippen molar-refractivity contribution in [3.8, 4) is 11.1 Å². The van der Waals surface area contributed by atoms with Crippen LogP contribution in [0.1, 0.15) is 58.6 Å². The Labute approximate surface area is 310 Å². The maximum Gasteiger partial charge on any atom is 0.407 e. The summed E-state index contributed by atoms with van der Waals surface area (Å²) in [5.41, 5.74) is 4.05. The number of hydrogen-bond donors (Lipinski definition) is 3. The van der Waals surface area contributed by atoms with E-state index in [1.54, 1.807) is 13.8 Å². The lowest BCUT2D eigenvalue weighted by molar-refractivity contribution is -0.308. The number of carboxylic acid groups (broad SMARTS) is 1. The van der Waals surface area contributed by atoms with Gasteiger partial charge in [-0.3, -0.25) is 24.0 Å². The number of carboxylic acids is 1. The summed E-state index contributed by atoms with van der Waals surface area (Å²) in [6.45, 7) is 6.16. The molecule has 0 saturated carbocycles. The van der Waals surface area contributed by atoms with Gasteiger partial charge in [0.25, 0.3) is 0 Å². The molecule has 0 bridgehead atoms. The van der Waals surface area contributed by atoms with Gasteiger partial charge < -0.3 is 48.9 Å². The molecule has 1 fully saturated rings. The summed E-state index contributed by atoms with van der Waals surface area (Å²) in [4.78, 5) is 86.6. The number of benzene rings is 2. The molecule has 1 aliphatic carbocycles. The van der Waals surface area contributed by atoms with Gasteiger partial charge in [0, 0.05) is 33.6 Å². The lowest BCUT2D eigenvalue weighted by Crippen LogP contribution is -2.63. The molecule has 2 amide bonds. The lowest BCUT2D eigenvalue weighted by Gasteiger charge is -2.44. The molecule has 0 unspecified atom stereocenters. The molecule has 292 valence electrons. The van der Waals surface area contributed by atoms with Gasteiger partial charge >= 0.3 is 35.9 Å². The number of alkyl carbamates (subject to hydrolysis) is 1. The van der Waals surface area contributed by atoms with Crippen LogP contribution in [0.3, 0.4) is 0 Å². The van der Waals surface area contributed by atoms with E-state index in [4.69, 9.17) is 33.2 Å². The highest BCUT2D eigenvalue weighted by Crippen LogP contribution is 2.44. The number of amides is 2. The Morgan fingerprint density at radius 2 is 1.24 bits per heavy atom. The Morgan fingerprint density at radius 1 is 0.704 bits per heavy atom. The fraction of sp³-hybridized carbons (Fsp3) is 0.486. The summed E-state index contributed by atoms with van der Waals surface area (Å²) in [6, 6.07) is 12.6. The highest BCUT2D eigenvalue weighted by molar-refractivity contribution is 5.89. The Balaban J connectivity index is 1.46. The standard InChI is InChI=1S/C37H44N2O15/c1-18(2)30(39-37(47)50-15-27-25-13-9-7-11-23(25)24-12-8-10-14-26(24)27)34(44)38-28(35(45)46)16-49-36-33(53-22(6)43)32(52-21(5)42)31(51-20(4)41)29(54-36)17-48-19(3)40/h7-14,18,27-33,36H,15-17H2,1-6H3,(H,38,44)(H,39,47)(H,45,46)/t28-,29+,30-,31-,32-,33+,36+/m0/s1. The predicted molar refractivity (Wildman–Crippen MR) is 184 cm³/mol. The molecule has 2 aromatic rings. The first-order valence-corrected chi connectivity index (χ1v) is 17.1. The molecule has 54 heavy (non-hydrogen) atoms. The van der Waals surface area contributed by atoms with Crippen LogP contribution in [0.25, 0.3) is 11.1 Å². The summed E-state index contributed by atoms with van der Waals surface area (Å²) in [6.07, 6.45) is -8.56. The lowest BCUT2D eigenvalue weighted by atomic mass is 9.98. The number of esters is 4. The van der Waals surface area contributed by atoms with E-state index in [2.05, 4.69) is 10.6 Å². The van der Waals surface area contributed by atoms with Crippen LogP contribution in [-0.4, -0.2) is 110 Å². The first kappa shape index (κ1) is 41.2. The third kappa shape index (κ3) is 10.5. The van der Waals surface area contributed by atoms with Crippen molar-refractivity contribution in [3.05, 3.63) is 59.7 Å². The van der Waals surface area contributed by atoms with Crippen molar-refractivity contribution in [2.24, 2.45) is 5.92 Å². The van der Waals surface area contributed by atoms with Crippen LogP contribution < -0.4 is 10.6 Å². The highest BCUT2D eigenvalue weighted by atomic mass is 16.7. The van der Waals surface area contributed by atoms with Crippen molar-refractivity contribution < 1.29 is 71.8 Å². The van der Waals surface area contributed by atoms with Crippen molar-refractivity contribution in [3.63, 3.8) is 0 Å². The molecule has 7 atom stereocenters. The number of aliphatic carboxylic acids is 1. The van der Waals surface area contributed by atoms with E-state index >= 15 is 0 Å². The fourth-order valence-electron chi connectivity index (χ4n) is 6.25. The van der Waals surface area contributed by atoms with Crippen LogP contribution >= 0.6 is 0 Å². The molecule has 4 rings (SSSR count). The van der Waals surface area contributed by atoms with E-state index in [1.165, 1.54) is 0 Å². The molecule has 1 heterocycles. The largest absolute Gasteiger partial charge is 0.480 e. The molecular formula is C37H44N2O15. The van der Waals surface area contributed by atoms with E-state index in [1.807, 2.05) is 48.5 Å². The van der Waals surface area contributed by atoms with Gasteiger partial charge in [0.05, 0.1) is 6.61 Å². The number of rotatable bonds is 15. The van der Waals surface area contributed by atoms with Crippen LogP contribution in [0.2, 0.25) is 0 Å². The van der Waals surface area contributed by atoms with Crippen molar-refractivity contribution in [2.45, 2.75) is 90.2 Å². The molecule has 1 aliphatic heterocycles. The summed E-state index contributed by atoms with van der Waals surface area (Å²) < 4.78 is 38.2. The SMILES string of the molecule is CC(=O)OC[C@H]1O[C@@H](OC[C@H](NC(=O)[C@@H](NC(=O)OCC2c3ccccc3-c3ccccc32)C(C)C)C(=O)O)[C@H](OC(C)=O)[C@@H](OC(C)=O)[C@H]1OC(C)=O. The van der Waals surface area contributed by atoms with Gasteiger partial charge in [-0.1, -0.05) is 62.4 Å². The smallest absolute Gasteiger partial charge is 0.407 e. The minimum absolute atomic E-state index is 0.0200. The molecular weight excluding hydrogens is 712 g/mol. The number of hydrogen-bond acceptors (Lipinski definition) is 14. The van der Waals surface area contributed by atoms with Gasteiger partial charge in [-0.25, -0.2) is 9.59 Å². The van der Waals surface area contributed by atoms with Gasteiger partial charge in [0.2, 0.25) is 5.91 Å². The monoisotopic (exact) mass is 756 g/mol. The van der Waals surface area contributed by atoms with E-state index < -0.39 is 104 Å². The van der Waals surface area contributed by atoms with Crippen molar-refractivity contribution in [1.82, 2.24) is 10.6 Å². The molecule has 2 aromatic carbocycles. The van der Waals surface area contributed by atoms with Crippen molar-refractivity contribution in [2.75, 3.05) is 19.8 Å². The topological polar surface area (TPSA) is 228 Å². The minimum atomic E-state index is -1.75. The van der Waals surface area contributed by atoms with E-state index in [0.717, 1.165) is 49.9 Å². The molecule has 0 spiro atoms. The molecule has 2 aliphatic rings. The van der Waals surface area contributed by atoms with Gasteiger partial charge in [-0.15, -0.1) is 0 Å². The molecule has 0 aromatic heterocycles. The predicted octanol–water partition coefficient (Wildman–Crippen LogP) is 2.22. The van der Waals surface area contributed by atoms with Crippen LogP contribution in [0.15, 0.2) is 48.5 Å². The van der Waals surface area contributed by atoms with Gasteiger partial charge in [-0.05, 0) is 28.2 Å². The number of ether oxygens (including phenoxy) is 7. The summed E-state index contributed by atoms with van der Waals surface area (Å²) in [7, 11) is 0. The third-order valence-corrected chi connectivity index (χ3v) is 8.56. The maximum absolute atomic E-state index is 13.4. The van der Waals surface area contributed by atoms with Crippen LogP contribution in [0.5, 0.6) is 0 Å². The van der Waals surface area contributed by atoms with Crippen molar-refractivity contribution >= 4 is 41.8 Å². The summed E-state index contributed by atoms with van der Waals surface area (Å²) in [5.74, 6) is -6.52. The quantitative estimate of drug-likeness (QED) is 0.175. The van der Waals surface area contributed by atoms with Gasteiger partial charge in [0.1, 0.15) is 25.4 Å². The van der Waals surface area contributed by atoms with Gasteiger partial charge in [0.15, 0.2) is 30.6 Å². The molecule has 0 radical (unpaired) electrons. The Hall–Kier alpha value is -5.55. The van der Waals surface area contributed by atoms with Crippen molar-refractivity contribution in [1.29, 1.82) is 0 Å². The average Bonchev–Trinajstić information content (AvgIpc) is 3.41. The van der Waals surface area contributed by atoms with E-state index in [0.29, 0.717) is 0 Å². The highest BCUT2D eigenvalue weighted by Gasteiger charge is 2.53. The summed E-state index contributed by atoms with van der Waals surface area (Å²) in [5, 5.41) is 14.9. The summed E-state index contributed by atoms with van der Waals surface area (Å²) >= 11 is 0. The zero-order chi connectivity index (χ0) is 39.7. The first-order chi connectivity index (χ1) is 25.6. The van der Waals surface area contributed by atoms with Crippen LogP contribution in [-0.2, 0) is 61.9 Å². The van der Waals surface area contributed by atoms with Crippen LogP contribution in [0.4, 0.5) is 4.79 Å². The zero-order valence-corrected chi connectivity index (χ0v) is 30.6. The second-order valence-electron chi connectivity index (χ2n) is 13.0. The second kappa shape index (κ2) is 18.5. The molecule has 17 heteroatoms. The first-order valence-electron chi connectivity index (χ1n) is 17.1. The van der Waals surface area contributed by atoms with E-state index in [-0.39, 0.29) is 12.5 Å². The third-order valence-electron chi connectivity index (χ3n) is 8.56. The number of nitrogens with one attached hydrogen (secondary N) is 2. The number of carbonyl (C=O) groups excluding carboxylic acids is 6. The number of carbonyl (C=O) groups is 7. The molecule has 3 N–H and O–H groups in total. The van der Waals surface area contributed by atoms with Crippen LogP contribution in [0, 0.1) is 5.92 Å². The Morgan fingerprint density at radius 3 is 1.76 bits per heavy atom.